The lowest BCUT2D eigenvalue weighted by Gasteiger charge is -2.07. The number of ether oxygens (including phenoxy) is 1. The van der Waals surface area contributed by atoms with Gasteiger partial charge in [0.05, 0.1) is 12.2 Å². The van der Waals surface area contributed by atoms with E-state index in [0.29, 0.717) is 23.4 Å². The van der Waals surface area contributed by atoms with Gasteiger partial charge in [-0.25, -0.2) is 4.79 Å². The van der Waals surface area contributed by atoms with Gasteiger partial charge >= 0.3 is 5.97 Å². The molecule has 0 saturated carbocycles. The lowest BCUT2D eigenvalue weighted by Crippen LogP contribution is -2.13. The summed E-state index contributed by atoms with van der Waals surface area (Å²) in [5.41, 5.74) is 3.59. The third-order valence-electron chi connectivity index (χ3n) is 4.41. The van der Waals surface area contributed by atoms with Gasteiger partial charge in [-0.15, -0.1) is 0 Å². The Morgan fingerprint density at radius 2 is 1.93 bits per heavy atom. The Morgan fingerprint density at radius 1 is 1.11 bits per heavy atom. The van der Waals surface area contributed by atoms with Gasteiger partial charge in [0.15, 0.2) is 5.76 Å². The Balaban J connectivity index is 1.82. The highest BCUT2D eigenvalue weighted by atomic mass is 16.5. The van der Waals surface area contributed by atoms with Gasteiger partial charge in [-0.05, 0) is 55.7 Å². The molecule has 0 atom stereocenters. The van der Waals surface area contributed by atoms with E-state index in [0.717, 1.165) is 23.8 Å². The summed E-state index contributed by atoms with van der Waals surface area (Å²) in [7, 11) is 0. The van der Waals surface area contributed by atoms with Gasteiger partial charge in [-0.2, -0.15) is 0 Å². The maximum Gasteiger partial charge on any atom is 0.338 e. The minimum atomic E-state index is -0.403. The number of hydrogen-bond donors (Lipinski definition) is 1. The molecule has 5 heteroatoms. The van der Waals surface area contributed by atoms with Crippen molar-refractivity contribution in [3.8, 4) is 0 Å². The number of aryl methyl sites for hydroxylation is 2. The highest BCUT2D eigenvalue weighted by Crippen LogP contribution is 2.27. The van der Waals surface area contributed by atoms with Gasteiger partial charge < -0.3 is 14.5 Å². The summed E-state index contributed by atoms with van der Waals surface area (Å²) in [6.07, 6.45) is 1.68. The van der Waals surface area contributed by atoms with E-state index in [2.05, 4.69) is 18.3 Å². The predicted octanol–water partition coefficient (Wildman–Crippen LogP) is 5.12. The Labute approximate surface area is 158 Å². The fourth-order valence-corrected chi connectivity index (χ4v) is 2.89. The molecule has 0 fully saturated rings. The highest BCUT2D eigenvalue weighted by Gasteiger charge is 2.18. The molecular formula is C22H23NO4. The van der Waals surface area contributed by atoms with Crippen molar-refractivity contribution in [1.82, 2.24) is 0 Å². The number of benzene rings is 2. The van der Waals surface area contributed by atoms with Crippen LogP contribution in [-0.4, -0.2) is 18.5 Å². The monoisotopic (exact) mass is 365 g/mol. The summed E-state index contributed by atoms with van der Waals surface area (Å²) in [4.78, 5) is 24.7. The molecule has 27 heavy (non-hydrogen) atoms. The van der Waals surface area contributed by atoms with Crippen LogP contribution in [-0.2, 0) is 11.2 Å². The van der Waals surface area contributed by atoms with Crippen LogP contribution < -0.4 is 5.32 Å². The Hall–Kier alpha value is -3.08. The molecule has 140 valence electrons. The van der Waals surface area contributed by atoms with Crippen molar-refractivity contribution in [3.63, 3.8) is 0 Å². The predicted molar refractivity (Wildman–Crippen MR) is 105 cm³/mol. The van der Waals surface area contributed by atoms with Crippen LogP contribution in [0.25, 0.3) is 11.0 Å². The first-order valence-electron chi connectivity index (χ1n) is 9.14. The number of nitrogens with one attached hydrogen (secondary N) is 1. The first-order chi connectivity index (χ1) is 13.0. The number of anilines is 1. The SMILES string of the molecule is CCCOC(=O)c1cccc(NC(=O)c2oc3ccc(CC)cc3c2C)c1. The van der Waals surface area contributed by atoms with E-state index in [1.165, 1.54) is 5.56 Å². The summed E-state index contributed by atoms with van der Waals surface area (Å²) in [5, 5.41) is 3.74. The zero-order chi connectivity index (χ0) is 19.4. The minimum Gasteiger partial charge on any atom is -0.462 e. The number of hydrogen-bond acceptors (Lipinski definition) is 4. The summed E-state index contributed by atoms with van der Waals surface area (Å²) < 4.78 is 10.9. The van der Waals surface area contributed by atoms with Crippen LogP contribution in [0.3, 0.4) is 0 Å². The van der Waals surface area contributed by atoms with Crippen LogP contribution in [0.15, 0.2) is 46.9 Å². The molecule has 1 heterocycles. The second-order valence-corrected chi connectivity index (χ2v) is 6.41. The molecule has 0 spiro atoms. The zero-order valence-corrected chi connectivity index (χ0v) is 15.8. The van der Waals surface area contributed by atoms with E-state index in [9.17, 15) is 9.59 Å². The number of fused-ring (bicyclic) bond motifs is 1. The molecule has 0 saturated heterocycles. The minimum absolute atomic E-state index is 0.275. The van der Waals surface area contributed by atoms with Gasteiger partial charge in [0, 0.05) is 16.6 Å². The summed E-state index contributed by atoms with van der Waals surface area (Å²) >= 11 is 0. The number of carbonyl (C=O) groups is 2. The van der Waals surface area contributed by atoms with Gasteiger partial charge in [0.25, 0.3) is 5.91 Å². The number of carbonyl (C=O) groups excluding carboxylic acids is 2. The number of rotatable bonds is 6. The Kier molecular flexibility index (Phi) is 5.60. The number of furan rings is 1. The van der Waals surface area contributed by atoms with Crippen LogP contribution in [0.5, 0.6) is 0 Å². The van der Waals surface area contributed by atoms with E-state index in [1.54, 1.807) is 24.3 Å². The topological polar surface area (TPSA) is 68.5 Å². The molecular weight excluding hydrogens is 342 g/mol. The second-order valence-electron chi connectivity index (χ2n) is 6.41. The molecule has 0 aliphatic carbocycles. The van der Waals surface area contributed by atoms with Gasteiger partial charge in [0.1, 0.15) is 5.58 Å². The van der Waals surface area contributed by atoms with Crippen molar-refractivity contribution in [2.45, 2.75) is 33.6 Å². The molecule has 0 aliphatic heterocycles. The van der Waals surface area contributed by atoms with Gasteiger partial charge in [-0.3, -0.25) is 4.79 Å². The van der Waals surface area contributed by atoms with Crippen molar-refractivity contribution in [2.75, 3.05) is 11.9 Å². The lowest BCUT2D eigenvalue weighted by molar-refractivity contribution is 0.0505. The second kappa shape index (κ2) is 8.08. The van der Waals surface area contributed by atoms with E-state index < -0.39 is 5.97 Å². The molecule has 1 N–H and O–H groups in total. The molecule has 1 amide bonds. The molecule has 1 aromatic heterocycles. The third kappa shape index (κ3) is 4.03. The summed E-state index contributed by atoms with van der Waals surface area (Å²) in [5.74, 6) is -0.474. The standard InChI is InChI=1S/C22H23NO4/c1-4-11-26-22(25)16-7-6-8-17(13-16)23-21(24)20-14(3)18-12-15(5-2)9-10-19(18)27-20/h6-10,12-13H,4-5,11H2,1-3H3,(H,23,24). The largest absolute Gasteiger partial charge is 0.462 e. The Morgan fingerprint density at radius 3 is 2.67 bits per heavy atom. The van der Waals surface area contributed by atoms with Crippen LogP contribution in [0.1, 0.15) is 52.3 Å². The van der Waals surface area contributed by atoms with Crippen molar-refractivity contribution in [2.24, 2.45) is 0 Å². The highest BCUT2D eigenvalue weighted by molar-refractivity contribution is 6.07. The first kappa shape index (κ1) is 18.7. The summed E-state index contributed by atoms with van der Waals surface area (Å²) in [6.45, 7) is 6.26. The lowest BCUT2D eigenvalue weighted by atomic mass is 10.1. The molecule has 0 unspecified atom stereocenters. The maximum atomic E-state index is 12.7. The Bertz CT molecular complexity index is 987. The van der Waals surface area contributed by atoms with Crippen molar-refractivity contribution < 1.29 is 18.7 Å². The van der Waals surface area contributed by atoms with Crippen molar-refractivity contribution in [1.29, 1.82) is 0 Å². The van der Waals surface area contributed by atoms with E-state index >= 15 is 0 Å². The third-order valence-corrected chi connectivity index (χ3v) is 4.41. The number of amides is 1. The molecule has 0 aliphatic rings. The maximum absolute atomic E-state index is 12.7. The summed E-state index contributed by atoms with van der Waals surface area (Å²) in [6, 6.07) is 12.6. The van der Waals surface area contributed by atoms with Crippen molar-refractivity contribution in [3.05, 3.63) is 64.9 Å². The van der Waals surface area contributed by atoms with Gasteiger partial charge in [0.2, 0.25) is 0 Å². The average Bonchev–Trinajstić information content (AvgIpc) is 3.02. The molecule has 0 radical (unpaired) electrons. The number of esters is 1. The molecule has 0 bridgehead atoms. The first-order valence-corrected chi connectivity index (χ1v) is 9.14. The molecule has 3 rings (SSSR count). The van der Waals surface area contributed by atoms with Crippen LogP contribution in [0.2, 0.25) is 0 Å². The normalized spacial score (nSPS) is 10.8. The van der Waals surface area contributed by atoms with E-state index in [1.807, 2.05) is 26.0 Å². The van der Waals surface area contributed by atoms with E-state index in [-0.39, 0.29) is 11.7 Å². The van der Waals surface area contributed by atoms with E-state index in [4.69, 9.17) is 9.15 Å². The zero-order valence-electron chi connectivity index (χ0n) is 15.8. The van der Waals surface area contributed by atoms with Crippen LogP contribution >= 0.6 is 0 Å². The fourth-order valence-electron chi connectivity index (χ4n) is 2.89. The van der Waals surface area contributed by atoms with Crippen LogP contribution in [0, 0.1) is 6.92 Å². The van der Waals surface area contributed by atoms with Crippen LogP contribution in [0.4, 0.5) is 5.69 Å². The molecule has 3 aromatic rings. The van der Waals surface area contributed by atoms with Crippen molar-refractivity contribution >= 4 is 28.5 Å². The average molecular weight is 365 g/mol. The quantitative estimate of drug-likeness (QED) is 0.615. The smallest absolute Gasteiger partial charge is 0.338 e. The molecule has 5 nitrogen and oxygen atoms in total. The fraction of sp³-hybridized carbons (Fsp3) is 0.273. The van der Waals surface area contributed by atoms with Gasteiger partial charge in [-0.1, -0.05) is 26.0 Å². The molecule has 2 aromatic carbocycles.